The Labute approximate surface area is 85.2 Å². The van der Waals surface area contributed by atoms with Gasteiger partial charge >= 0.3 is 0 Å². The quantitative estimate of drug-likeness (QED) is 0.532. The van der Waals surface area contributed by atoms with Crippen LogP contribution in [0.4, 0.5) is 0 Å². The minimum atomic E-state index is 1.62. The van der Waals surface area contributed by atoms with E-state index in [9.17, 15) is 0 Å². The van der Waals surface area contributed by atoms with E-state index in [-0.39, 0.29) is 0 Å². The van der Waals surface area contributed by atoms with Crippen molar-refractivity contribution in [2.24, 2.45) is 0 Å². The van der Waals surface area contributed by atoms with Gasteiger partial charge in [0.2, 0.25) is 0 Å². The van der Waals surface area contributed by atoms with Crippen molar-refractivity contribution in [2.75, 3.05) is 0 Å². The van der Waals surface area contributed by atoms with Gasteiger partial charge in [-0.15, -0.1) is 0 Å². The molecule has 0 saturated heterocycles. The van der Waals surface area contributed by atoms with E-state index in [2.05, 4.69) is 4.42 Å². The van der Waals surface area contributed by atoms with Crippen molar-refractivity contribution in [3.8, 4) is 0 Å². The van der Waals surface area contributed by atoms with Crippen molar-refractivity contribution in [3.63, 3.8) is 0 Å². The van der Waals surface area contributed by atoms with Gasteiger partial charge in [0.15, 0.2) is 0 Å². The van der Waals surface area contributed by atoms with E-state index >= 15 is 0 Å². The molecule has 0 saturated carbocycles. The van der Waals surface area contributed by atoms with Crippen LogP contribution in [0.3, 0.4) is 0 Å². The summed E-state index contributed by atoms with van der Waals surface area (Å²) in [6.45, 7) is 16.0. The van der Waals surface area contributed by atoms with Gasteiger partial charge in [-0.25, -0.2) is 0 Å². The molecule has 1 aromatic rings. The topological polar surface area (TPSA) is 13.1 Å². The lowest BCUT2D eigenvalue weighted by molar-refractivity contribution is 0.567. The normalized spacial score (nSPS) is 4.92. The summed E-state index contributed by atoms with van der Waals surface area (Å²) >= 11 is 0. The molecule has 82 valence electrons. The van der Waals surface area contributed by atoms with Crippen molar-refractivity contribution in [3.05, 3.63) is 24.7 Å². The van der Waals surface area contributed by atoms with Crippen LogP contribution < -0.4 is 0 Å². The summed E-state index contributed by atoms with van der Waals surface area (Å²) in [6.07, 6.45) is 3.25. The summed E-state index contributed by atoms with van der Waals surface area (Å²) in [4.78, 5) is 0. The summed E-state index contributed by atoms with van der Waals surface area (Å²) in [5.41, 5.74) is 0. The number of hydrogen-bond donors (Lipinski definition) is 0. The number of hydrogen-bond acceptors (Lipinski definition) is 1. The Balaban J connectivity index is -0.0000000445. The summed E-state index contributed by atoms with van der Waals surface area (Å²) in [5.74, 6) is 0. The fourth-order valence-corrected chi connectivity index (χ4v) is 0.227. The Kier molecular flexibility index (Phi) is 114. The Morgan fingerprint density at radius 1 is 0.538 bits per heavy atom. The highest BCUT2D eigenvalue weighted by Crippen LogP contribution is 1.79. The molecular weight excluding hydrogens is 160 g/mol. The van der Waals surface area contributed by atoms with Gasteiger partial charge < -0.3 is 4.42 Å². The Hall–Kier alpha value is -0.720. The highest BCUT2D eigenvalue weighted by Gasteiger charge is 1.58. The largest absolute Gasteiger partial charge is 0.473 e. The average Bonchev–Trinajstić information content (AvgIpc) is 2.87. The zero-order valence-corrected chi connectivity index (χ0v) is 10.7. The number of furan rings is 1. The molecule has 1 rings (SSSR count). The summed E-state index contributed by atoms with van der Waals surface area (Å²) in [5, 5.41) is 0. The molecule has 1 heteroatoms. The molecule has 0 radical (unpaired) electrons. The summed E-state index contributed by atoms with van der Waals surface area (Å²) < 4.78 is 4.58. The predicted molar refractivity (Wildman–Crippen MR) is 64.1 cm³/mol. The van der Waals surface area contributed by atoms with Crippen LogP contribution in [0.2, 0.25) is 0 Å². The third-order valence-corrected chi connectivity index (χ3v) is 0.425. The first-order valence-electron chi connectivity index (χ1n) is 5.47. The second-order valence-electron chi connectivity index (χ2n) is 0.793. The Bertz CT molecular complexity index is 61.6. The standard InChI is InChI=1S/C4H4O.4C2H6/c1-2-4-5-3-1;4*1-2/h1-4H;4*1-2H3. The maximum absolute atomic E-state index is 4.58. The van der Waals surface area contributed by atoms with Crippen molar-refractivity contribution in [1.82, 2.24) is 0 Å². The third kappa shape index (κ3) is 53.0. The molecule has 0 aliphatic heterocycles. The van der Waals surface area contributed by atoms with Crippen LogP contribution >= 0.6 is 0 Å². The van der Waals surface area contributed by atoms with E-state index in [1.807, 2.05) is 67.5 Å². The maximum atomic E-state index is 4.58. The van der Waals surface area contributed by atoms with Gasteiger partial charge in [-0.1, -0.05) is 55.4 Å². The van der Waals surface area contributed by atoms with Crippen LogP contribution in [-0.2, 0) is 0 Å². The van der Waals surface area contributed by atoms with Gasteiger partial charge in [-0.05, 0) is 12.1 Å². The molecule has 0 amide bonds. The molecule has 0 aliphatic rings. The molecule has 0 N–H and O–H groups in total. The van der Waals surface area contributed by atoms with Crippen LogP contribution in [0.25, 0.3) is 0 Å². The van der Waals surface area contributed by atoms with E-state index in [4.69, 9.17) is 0 Å². The molecule has 1 nitrogen and oxygen atoms in total. The van der Waals surface area contributed by atoms with Gasteiger partial charge in [0, 0.05) is 0 Å². The van der Waals surface area contributed by atoms with Gasteiger partial charge in [-0.3, -0.25) is 0 Å². The molecule has 13 heavy (non-hydrogen) atoms. The molecule has 0 bridgehead atoms. The van der Waals surface area contributed by atoms with E-state index in [0.717, 1.165) is 0 Å². The molecule has 0 aliphatic carbocycles. The van der Waals surface area contributed by atoms with Gasteiger partial charge in [0.05, 0.1) is 12.5 Å². The van der Waals surface area contributed by atoms with Crippen LogP contribution in [-0.4, -0.2) is 0 Å². The van der Waals surface area contributed by atoms with Gasteiger partial charge in [-0.2, -0.15) is 0 Å². The second kappa shape index (κ2) is 65.1. The fraction of sp³-hybridized carbons (Fsp3) is 0.667. The lowest BCUT2D eigenvalue weighted by Gasteiger charge is -1.50. The Morgan fingerprint density at radius 2 is 0.769 bits per heavy atom. The van der Waals surface area contributed by atoms with Crippen molar-refractivity contribution < 1.29 is 4.42 Å². The molecule has 1 heterocycles. The van der Waals surface area contributed by atoms with E-state index in [0.29, 0.717) is 0 Å². The lowest BCUT2D eigenvalue weighted by Crippen LogP contribution is -1.16. The fourth-order valence-electron chi connectivity index (χ4n) is 0.227. The van der Waals surface area contributed by atoms with Crippen LogP contribution in [0.15, 0.2) is 29.1 Å². The molecule has 0 atom stereocenters. The van der Waals surface area contributed by atoms with Crippen molar-refractivity contribution in [2.45, 2.75) is 55.4 Å². The highest BCUT2D eigenvalue weighted by atomic mass is 16.3. The first kappa shape index (κ1) is 22.8. The van der Waals surface area contributed by atoms with Crippen molar-refractivity contribution in [1.29, 1.82) is 0 Å². The van der Waals surface area contributed by atoms with Crippen LogP contribution in [0, 0.1) is 0 Å². The smallest absolute Gasteiger partial charge is 0.0902 e. The molecule has 1 aromatic heterocycles. The second-order valence-corrected chi connectivity index (χ2v) is 0.793. The molecule has 0 aromatic carbocycles. The highest BCUT2D eigenvalue weighted by molar-refractivity contribution is 4.79. The predicted octanol–water partition coefficient (Wildman–Crippen LogP) is 5.38. The van der Waals surface area contributed by atoms with Gasteiger partial charge in [0.25, 0.3) is 0 Å². The molecule has 0 unspecified atom stereocenters. The average molecular weight is 188 g/mol. The first-order valence-corrected chi connectivity index (χ1v) is 5.47. The van der Waals surface area contributed by atoms with Crippen molar-refractivity contribution >= 4 is 0 Å². The third-order valence-electron chi connectivity index (χ3n) is 0.425. The van der Waals surface area contributed by atoms with E-state index in [1.165, 1.54) is 0 Å². The van der Waals surface area contributed by atoms with Crippen LogP contribution in [0.5, 0.6) is 0 Å². The minimum Gasteiger partial charge on any atom is -0.473 e. The lowest BCUT2D eigenvalue weighted by atomic mass is 10.7. The number of rotatable bonds is 0. The SMILES string of the molecule is CC.CC.CC.CC.c1ccoc1. The summed E-state index contributed by atoms with van der Waals surface area (Å²) in [7, 11) is 0. The van der Waals surface area contributed by atoms with E-state index < -0.39 is 0 Å². The molecule has 0 fully saturated rings. The summed E-state index contributed by atoms with van der Waals surface area (Å²) in [6, 6.07) is 3.67. The zero-order chi connectivity index (χ0) is 11.5. The van der Waals surface area contributed by atoms with Gasteiger partial charge in [0.1, 0.15) is 0 Å². The monoisotopic (exact) mass is 188 g/mol. The molecular formula is C12H28O. The van der Waals surface area contributed by atoms with E-state index in [1.54, 1.807) is 12.5 Å². The first-order chi connectivity index (χ1) is 6.50. The maximum Gasteiger partial charge on any atom is 0.0902 e. The van der Waals surface area contributed by atoms with Crippen LogP contribution in [0.1, 0.15) is 55.4 Å². The minimum absolute atomic E-state index is 1.62. The zero-order valence-electron chi connectivity index (χ0n) is 10.7. The Morgan fingerprint density at radius 3 is 0.846 bits per heavy atom. The molecule has 0 spiro atoms.